The van der Waals surface area contributed by atoms with E-state index in [-0.39, 0.29) is 17.9 Å². The van der Waals surface area contributed by atoms with E-state index in [4.69, 9.17) is 0 Å². The first-order chi connectivity index (χ1) is 10.6. The van der Waals surface area contributed by atoms with Crippen molar-refractivity contribution in [2.45, 2.75) is 25.4 Å². The summed E-state index contributed by atoms with van der Waals surface area (Å²) in [6.45, 7) is 0.624. The monoisotopic (exact) mass is 298 g/mol. The van der Waals surface area contributed by atoms with Crippen molar-refractivity contribution in [1.29, 1.82) is 0 Å². The summed E-state index contributed by atoms with van der Waals surface area (Å²) in [6, 6.07) is 11.6. The fourth-order valence-electron chi connectivity index (χ4n) is 3.17. The Bertz CT molecular complexity index is 619. The van der Waals surface area contributed by atoms with Crippen LogP contribution in [0.15, 0.2) is 48.8 Å². The highest BCUT2D eigenvalue weighted by Gasteiger charge is 2.27. The van der Waals surface area contributed by atoms with Crippen LogP contribution in [0, 0.1) is 5.92 Å². The molecular weight excluding hydrogens is 276 g/mol. The molecule has 3 rings (SSSR count). The van der Waals surface area contributed by atoms with Crippen LogP contribution in [-0.4, -0.2) is 40.2 Å². The molecule has 0 radical (unpaired) electrons. The molecule has 1 aliphatic rings. The van der Waals surface area contributed by atoms with Gasteiger partial charge in [0.15, 0.2) is 0 Å². The Kier molecular flexibility index (Phi) is 4.29. The molecule has 1 aliphatic carbocycles. The van der Waals surface area contributed by atoms with Gasteiger partial charge in [-0.2, -0.15) is 0 Å². The van der Waals surface area contributed by atoms with Gasteiger partial charge in [-0.25, -0.2) is 0 Å². The van der Waals surface area contributed by atoms with Crippen molar-refractivity contribution in [1.82, 2.24) is 9.47 Å². The van der Waals surface area contributed by atoms with Crippen molar-refractivity contribution in [2.75, 3.05) is 13.6 Å². The molecule has 0 aliphatic heterocycles. The van der Waals surface area contributed by atoms with E-state index < -0.39 is 0 Å². The molecule has 4 nitrogen and oxygen atoms in total. The third-order valence-corrected chi connectivity index (χ3v) is 4.49. The largest absolute Gasteiger partial charge is 0.393 e. The molecule has 116 valence electrons. The Morgan fingerprint density at radius 3 is 2.50 bits per heavy atom. The smallest absolute Gasteiger partial charge is 0.253 e. The van der Waals surface area contributed by atoms with E-state index in [1.807, 2.05) is 60.4 Å². The second kappa shape index (κ2) is 6.36. The number of nitrogens with zero attached hydrogens (tertiary/aromatic N) is 2. The quantitative estimate of drug-likeness (QED) is 0.943. The summed E-state index contributed by atoms with van der Waals surface area (Å²) in [6.07, 6.45) is 6.61. The van der Waals surface area contributed by atoms with Crippen molar-refractivity contribution in [3.8, 4) is 5.69 Å². The number of carbonyl (C=O) groups is 1. The minimum atomic E-state index is -0.258. The molecule has 0 saturated heterocycles. The van der Waals surface area contributed by atoms with Gasteiger partial charge in [0.1, 0.15) is 0 Å². The summed E-state index contributed by atoms with van der Waals surface area (Å²) in [5.41, 5.74) is 1.72. The molecule has 4 heteroatoms. The molecule has 1 aromatic carbocycles. The predicted octanol–water partition coefficient (Wildman–Crippen LogP) is 2.71. The van der Waals surface area contributed by atoms with E-state index in [1.54, 1.807) is 4.90 Å². The summed E-state index contributed by atoms with van der Waals surface area (Å²) in [7, 11) is 1.81. The number of aliphatic hydroxyl groups excluding tert-OH is 1. The maximum Gasteiger partial charge on any atom is 0.253 e. The number of aromatic nitrogens is 1. The predicted molar refractivity (Wildman–Crippen MR) is 86.1 cm³/mol. The first-order valence-electron chi connectivity index (χ1n) is 7.82. The Hall–Kier alpha value is -2.07. The number of benzene rings is 1. The van der Waals surface area contributed by atoms with E-state index in [9.17, 15) is 9.90 Å². The Balaban J connectivity index is 1.66. The normalized spacial score (nSPS) is 21.0. The number of carbonyl (C=O) groups excluding carboxylic acids is 1. The molecule has 2 aromatic rings. The molecular formula is C18H22N2O2. The van der Waals surface area contributed by atoms with Gasteiger partial charge in [-0.3, -0.25) is 4.79 Å². The fraction of sp³-hybridized carbons (Fsp3) is 0.389. The molecule has 0 spiro atoms. The van der Waals surface area contributed by atoms with Crippen LogP contribution >= 0.6 is 0 Å². The molecule has 1 N–H and O–H groups in total. The maximum absolute atomic E-state index is 12.5. The lowest BCUT2D eigenvalue weighted by atomic mass is 10.1. The minimum absolute atomic E-state index is 0.0122. The van der Waals surface area contributed by atoms with E-state index in [1.165, 1.54) is 0 Å². The summed E-state index contributed by atoms with van der Waals surface area (Å²) >= 11 is 0. The summed E-state index contributed by atoms with van der Waals surface area (Å²) in [5, 5.41) is 9.89. The molecule has 2 atom stereocenters. The summed E-state index contributed by atoms with van der Waals surface area (Å²) in [5.74, 6) is 0.228. The third-order valence-electron chi connectivity index (χ3n) is 4.49. The zero-order valence-corrected chi connectivity index (χ0v) is 12.9. The Labute approximate surface area is 131 Å². The zero-order valence-electron chi connectivity index (χ0n) is 12.9. The number of aliphatic hydroxyl groups is 1. The fourth-order valence-corrected chi connectivity index (χ4v) is 3.17. The second-order valence-corrected chi connectivity index (χ2v) is 6.08. The molecule has 0 bridgehead atoms. The zero-order chi connectivity index (χ0) is 15.5. The van der Waals surface area contributed by atoms with Crippen molar-refractivity contribution < 1.29 is 9.90 Å². The average Bonchev–Trinajstić information content (AvgIpc) is 3.19. The highest BCUT2D eigenvalue weighted by molar-refractivity contribution is 5.94. The molecule has 1 amide bonds. The van der Waals surface area contributed by atoms with Gasteiger partial charge in [0.25, 0.3) is 5.91 Å². The molecule has 1 fully saturated rings. The van der Waals surface area contributed by atoms with E-state index in [0.717, 1.165) is 24.9 Å². The van der Waals surface area contributed by atoms with Crippen LogP contribution in [0.1, 0.15) is 29.6 Å². The topological polar surface area (TPSA) is 45.5 Å². The lowest BCUT2D eigenvalue weighted by Gasteiger charge is -2.23. The SMILES string of the molecule is CN(CC1CCCC1O)C(=O)c1ccc(-n2cccc2)cc1. The standard InChI is InChI=1S/C18H22N2O2/c1-19(13-15-5-4-6-17(15)21)18(22)14-7-9-16(10-8-14)20-11-2-3-12-20/h2-3,7-12,15,17,21H,4-6,13H2,1H3. The number of hydrogen-bond donors (Lipinski definition) is 1. The van der Waals surface area contributed by atoms with Crippen molar-refractivity contribution in [2.24, 2.45) is 5.92 Å². The van der Waals surface area contributed by atoms with Crippen LogP contribution in [0.4, 0.5) is 0 Å². The van der Waals surface area contributed by atoms with Crippen LogP contribution in [0.2, 0.25) is 0 Å². The highest BCUT2D eigenvalue weighted by atomic mass is 16.3. The molecule has 2 unspecified atom stereocenters. The van der Waals surface area contributed by atoms with Crippen molar-refractivity contribution in [3.05, 3.63) is 54.4 Å². The minimum Gasteiger partial charge on any atom is -0.393 e. The first kappa shape index (κ1) is 14.9. The lowest BCUT2D eigenvalue weighted by molar-refractivity contribution is 0.0693. The number of amides is 1. The molecule has 1 aromatic heterocycles. The van der Waals surface area contributed by atoms with Crippen LogP contribution in [-0.2, 0) is 0 Å². The van der Waals surface area contributed by atoms with E-state index in [2.05, 4.69) is 0 Å². The maximum atomic E-state index is 12.5. The van der Waals surface area contributed by atoms with Gasteiger partial charge < -0.3 is 14.6 Å². The van der Waals surface area contributed by atoms with Crippen molar-refractivity contribution in [3.63, 3.8) is 0 Å². The van der Waals surface area contributed by atoms with E-state index >= 15 is 0 Å². The van der Waals surface area contributed by atoms with Gasteiger partial charge in [0.2, 0.25) is 0 Å². The van der Waals surface area contributed by atoms with Gasteiger partial charge in [-0.15, -0.1) is 0 Å². The Morgan fingerprint density at radius 2 is 1.91 bits per heavy atom. The molecule has 1 heterocycles. The Morgan fingerprint density at radius 1 is 1.23 bits per heavy atom. The molecule has 1 saturated carbocycles. The van der Waals surface area contributed by atoms with Gasteiger partial charge >= 0.3 is 0 Å². The van der Waals surface area contributed by atoms with Crippen LogP contribution in [0.5, 0.6) is 0 Å². The first-order valence-corrected chi connectivity index (χ1v) is 7.82. The van der Waals surface area contributed by atoms with Crippen LogP contribution in [0.25, 0.3) is 5.69 Å². The van der Waals surface area contributed by atoms with Crippen LogP contribution < -0.4 is 0 Å². The number of hydrogen-bond acceptors (Lipinski definition) is 2. The van der Waals surface area contributed by atoms with Gasteiger partial charge in [-0.05, 0) is 49.2 Å². The van der Waals surface area contributed by atoms with Crippen molar-refractivity contribution >= 4 is 5.91 Å². The van der Waals surface area contributed by atoms with Gasteiger partial charge in [0.05, 0.1) is 6.10 Å². The molecule has 22 heavy (non-hydrogen) atoms. The third kappa shape index (κ3) is 3.07. The van der Waals surface area contributed by atoms with E-state index in [0.29, 0.717) is 12.1 Å². The van der Waals surface area contributed by atoms with Crippen LogP contribution in [0.3, 0.4) is 0 Å². The number of rotatable bonds is 4. The average molecular weight is 298 g/mol. The van der Waals surface area contributed by atoms with Gasteiger partial charge in [-0.1, -0.05) is 6.42 Å². The lowest BCUT2D eigenvalue weighted by Crippen LogP contribution is -2.34. The highest BCUT2D eigenvalue weighted by Crippen LogP contribution is 2.26. The summed E-state index contributed by atoms with van der Waals surface area (Å²) in [4.78, 5) is 14.2. The summed E-state index contributed by atoms with van der Waals surface area (Å²) < 4.78 is 2.01. The van der Waals surface area contributed by atoms with Gasteiger partial charge in [0, 0.05) is 43.2 Å². The second-order valence-electron chi connectivity index (χ2n) is 6.08.